The molecule has 1 aromatic carbocycles. The number of carbonyl (C=O) groups is 1. The van der Waals surface area contributed by atoms with Crippen molar-refractivity contribution in [2.24, 2.45) is 0 Å². The fourth-order valence-electron chi connectivity index (χ4n) is 3.67. The predicted molar refractivity (Wildman–Crippen MR) is 121 cm³/mol. The first-order valence-corrected chi connectivity index (χ1v) is 11.0. The van der Waals surface area contributed by atoms with E-state index in [1.165, 1.54) is 0 Å². The van der Waals surface area contributed by atoms with Crippen molar-refractivity contribution < 1.29 is 4.79 Å². The molecule has 152 valence electrons. The highest BCUT2D eigenvalue weighted by Gasteiger charge is 2.23. The topological polar surface area (TPSA) is 51.1 Å². The summed E-state index contributed by atoms with van der Waals surface area (Å²) in [5.74, 6) is -0.327. The lowest BCUT2D eigenvalue weighted by Gasteiger charge is -2.21. The average Bonchev–Trinajstić information content (AvgIpc) is 2.69. The monoisotopic (exact) mass is 446 g/mol. The van der Waals surface area contributed by atoms with Gasteiger partial charge in [0.25, 0.3) is 5.91 Å². The van der Waals surface area contributed by atoms with Crippen molar-refractivity contribution in [2.45, 2.75) is 73.3 Å². The second-order valence-corrected chi connectivity index (χ2v) is 7.81. The minimum absolute atomic E-state index is 0.230. The number of carbonyl (C=O) groups excluding carboxylic acids is 1. The Bertz CT molecular complexity index is 894. The molecule has 1 heterocycles. The number of aryl methyl sites for hydroxylation is 2. The van der Waals surface area contributed by atoms with Crippen LogP contribution in [0.2, 0.25) is 0 Å². The number of unbranched alkanes of at least 4 members (excludes halogenated alkanes) is 1. The van der Waals surface area contributed by atoms with Crippen LogP contribution in [-0.4, -0.2) is 10.5 Å². The fraction of sp³-hybridized carbons (Fsp3) is 0.478. The normalized spacial score (nSPS) is 10.9. The summed E-state index contributed by atoms with van der Waals surface area (Å²) in [4.78, 5) is 26.2. The Kier molecular flexibility index (Phi) is 8.05. The van der Waals surface area contributed by atoms with Crippen molar-refractivity contribution >= 4 is 27.5 Å². The number of nitrogens with one attached hydrogen (secondary N) is 1. The molecule has 5 heteroatoms. The zero-order valence-electron chi connectivity index (χ0n) is 17.6. The SMILES string of the molecule is CCCCn1c(C)c(C(=O)Nc2c(CC)cccc2CC)c(=O)c(Br)c1CC. The van der Waals surface area contributed by atoms with Gasteiger partial charge in [0.15, 0.2) is 0 Å². The Balaban J connectivity index is 2.58. The number of rotatable bonds is 8. The van der Waals surface area contributed by atoms with E-state index in [-0.39, 0.29) is 16.9 Å². The molecule has 0 saturated carbocycles. The Labute approximate surface area is 176 Å². The van der Waals surface area contributed by atoms with Crippen molar-refractivity contribution in [3.8, 4) is 0 Å². The molecular weight excluding hydrogens is 416 g/mol. The molecular formula is C23H31BrN2O2. The van der Waals surface area contributed by atoms with Crippen LogP contribution >= 0.6 is 15.9 Å². The van der Waals surface area contributed by atoms with E-state index >= 15 is 0 Å². The molecule has 0 unspecified atom stereocenters. The number of anilines is 1. The van der Waals surface area contributed by atoms with Crippen LogP contribution in [-0.2, 0) is 25.8 Å². The first-order chi connectivity index (χ1) is 13.4. The van der Waals surface area contributed by atoms with Crippen LogP contribution in [0.3, 0.4) is 0 Å². The molecule has 1 N–H and O–H groups in total. The summed E-state index contributed by atoms with van der Waals surface area (Å²) in [6.45, 7) is 11.0. The molecule has 2 rings (SSSR count). The molecule has 0 fully saturated rings. The summed E-state index contributed by atoms with van der Waals surface area (Å²) in [5.41, 5.74) is 4.70. The van der Waals surface area contributed by atoms with Crippen LogP contribution in [0.15, 0.2) is 27.5 Å². The number of halogens is 1. The predicted octanol–water partition coefficient (Wildman–Crippen LogP) is 5.66. The summed E-state index contributed by atoms with van der Waals surface area (Å²) in [5, 5.41) is 3.05. The van der Waals surface area contributed by atoms with E-state index in [9.17, 15) is 9.59 Å². The van der Waals surface area contributed by atoms with Gasteiger partial charge in [0.05, 0.1) is 4.47 Å². The van der Waals surface area contributed by atoms with Gasteiger partial charge in [-0.25, -0.2) is 0 Å². The lowest BCUT2D eigenvalue weighted by atomic mass is 10.0. The molecule has 1 amide bonds. The zero-order chi connectivity index (χ0) is 20.8. The van der Waals surface area contributed by atoms with Crippen LogP contribution < -0.4 is 10.7 Å². The molecule has 0 spiro atoms. The first-order valence-electron chi connectivity index (χ1n) is 10.2. The Morgan fingerprint density at radius 1 is 1.07 bits per heavy atom. The number of benzene rings is 1. The van der Waals surface area contributed by atoms with Crippen molar-refractivity contribution in [3.05, 3.63) is 61.0 Å². The highest BCUT2D eigenvalue weighted by atomic mass is 79.9. The maximum absolute atomic E-state index is 13.2. The Hall–Kier alpha value is -1.88. The third kappa shape index (κ3) is 4.40. The van der Waals surface area contributed by atoms with Crippen LogP contribution in [0.25, 0.3) is 0 Å². The van der Waals surface area contributed by atoms with E-state index in [1.807, 2.05) is 32.0 Å². The third-order valence-electron chi connectivity index (χ3n) is 5.31. The van der Waals surface area contributed by atoms with Gasteiger partial charge in [-0.15, -0.1) is 0 Å². The smallest absolute Gasteiger partial charge is 0.261 e. The summed E-state index contributed by atoms with van der Waals surface area (Å²) in [7, 11) is 0. The number of pyridine rings is 1. The molecule has 0 aliphatic carbocycles. The van der Waals surface area contributed by atoms with Gasteiger partial charge in [-0.1, -0.05) is 52.3 Å². The fourth-order valence-corrected chi connectivity index (χ4v) is 4.37. The van der Waals surface area contributed by atoms with Crippen LogP contribution in [0.4, 0.5) is 5.69 Å². The van der Waals surface area contributed by atoms with Crippen LogP contribution in [0.1, 0.15) is 73.4 Å². The van der Waals surface area contributed by atoms with Gasteiger partial charge in [-0.2, -0.15) is 0 Å². The maximum Gasteiger partial charge on any atom is 0.261 e. The minimum Gasteiger partial charge on any atom is -0.347 e. The van der Waals surface area contributed by atoms with E-state index < -0.39 is 0 Å². The second-order valence-electron chi connectivity index (χ2n) is 7.02. The molecule has 0 atom stereocenters. The molecule has 0 aliphatic heterocycles. The number of aromatic nitrogens is 1. The highest BCUT2D eigenvalue weighted by Crippen LogP contribution is 2.25. The number of hydrogen-bond donors (Lipinski definition) is 1. The van der Waals surface area contributed by atoms with Gasteiger partial charge in [0.2, 0.25) is 5.43 Å². The Morgan fingerprint density at radius 2 is 1.68 bits per heavy atom. The summed E-state index contributed by atoms with van der Waals surface area (Å²) >= 11 is 3.46. The van der Waals surface area contributed by atoms with E-state index in [0.29, 0.717) is 4.47 Å². The summed E-state index contributed by atoms with van der Waals surface area (Å²) in [6, 6.07) is 6.07. The molecule has 0 radical (unpaired) electrons. The van der Waals surface area contributed by atoms with Gasteiger partial charge in [-0.05, 0) is 59.7 Å². The number of nitrogens with zero attached hydrogens (tertiary/aromatic N) is 1. The highest BCUT2D eigenvalue weighted by molar-refractivity contribution is 9.10. The lowest BCUT2D eigenvalue weighted by Crippen LogP contribution is -2.29. The van der Waals surface area contributed by atoms with E-state index in [1.54, 1.807) is 0 Å². The van der Waals surface area contributed by atoms with Crippen molar-refractivity contribution in [1.29, 1.82) is 0 Å². The van der Waals surface area contributed by atoms with Crippen molar-refractivity contribution in [1.82, 2.24) is 4.57 Å². The first kappa shape index (κ1) is 22.4. The quantitative estimate of drug-likeness (QED) is 0.568. The van der Waals surface area contributed by atoms with Gasteiger partial charge >= 0.3 is 0 Å². The van der Waals surface area contributed by atoms with Crippen LogP contribution in [0.5, 0.6) is 0 Å². The number of amides is 1. The van der Waals surface area contributed by atoms with Gasteiger partial charge < -0.3 is 9.88 Å². The summed E-state index contributed by atoms with van der Waals surface area (Å²) < 4.78 is 2.62. The molecule has 0 saturated heterocycles. The molecule has 0 bridgehead atoms. The number of para-hydroxylation sites is 1. The van der Waals surface area contributed by atoms with Crippen molar-refractivity contribution in [2.75, 3.05) is 5.32 Å². The molecule has 1 aromatic heterocycles. The largest absolute Gasteiger partial charge is 0.347 e. The van der Waals surface area contributed by atoms with Crippen molar-refractivity contribution in [3.63, 3.8) is 0 Å². The number of hydrogen-bond acceptors (Lipinski definition) is 2. The van der Waals surface area contributed by atoms with Gasteiger partial charge in [-0.3, -0.25) is 9.59 Å². The van der Waals surface area contributed by atoms with E-state index in [2.05, 4.69) is 46.6 Å². The molecule has 0 aliphatic rings. The van der Waals surface area contributed by atoms with Gasteiger partial charge in [0.1, 0.15) is 5.56 Å². The molecule has 4 nitrogen and oxygen atoms in total. The Morgan fingerprint density at radius 3 is 2.18 bits per heavy atom. The van der Waals surface area contributed by atoms with Gasteiger partial charge in [0, 0.05) is 23.6 Å². The lowest BCUT2D eigenvalue weighted by molar-refractivity contribution is 0.102. The molecule has 28 heavy (non-hydrogen) atoms. The van der Waals surface area contributed by atoms with E-state index in [0.717, 1.165) is 66.9 Å². The second kappa shape index (κ2) is 10.1. The van der Waals surface area contributed by atoms with Crippen LogP contribution in [0, 0.1) is 6.92 Å². The third-order valence-corrected chi connectivity index (χ3v) is 6.12. The zero-order valence-corrected chi connectivity index (χ0v) is 19.2. The summed E-state index contributed by atoms with van der Waals surface area (Å²) in [6.07, 6.45) is 4.44. The molecule has 2 aromatic rings. The standard InChI is InChI=1S/C23H31BrN2O2/c1-6-10-14-26-15(5)19(22(27)20(24)18(26)9-4)23(28)25-21-16(7-2)12-11-13-17(21)8-3/h11-13H,6-10,14H2,1-5H3,(H,25,28). The maximum atomic E-state index is 13.2. The van der Waals surface area contributed by atoms with E-state index in [4.69, 9.17) is 0 Å². The minimum atomic E-state index is -0.327. The average molecular weight is 447 g/mol.